The van der Waals surface area contributed by atoms with E-state index in [-0.39, 0.29) is 0 Å². The molecule has 1 aromatic carbocycles. The van der Waals surface area contributed by atoms with Crippen molar-refractivity contribution in [1.29, 1.82) is 0 Å². The number of hydrogen-bond donors (Lipinski definition) is 1. The van der Waals surface area contributed by atoms with Gasteiger partial charge in [-0.1, -0.05) is 32.0 Å². The van der Waals surface area contributed by atoms with Crippen LogP contribution in [0.15, 0.2) is 18.2 Å². The molecule has 0 bridgehead atoms. The molecule has 0 aliphatic heterocycles. The fraction of sp³-hybridized carbons (Fsp3) is 0.647. The summed E-state index contributed by atoms with van der Waals surface area (Å²) in [7, 11) is 0. The predicted molar refractivity (Wildman–Crippen MR) is 79.2 cm³/mol. The molecule has 1 nitrogen and oxygen atoms in total. The molecule has 0 aromatic heterocycles. The zero-order chi connectivity index (χ0) is 13.2. The molecule has 0 amide bonds. The highest BCUT2D eigenvalue weighted by Crippen LogP contribution is 2.48. The third-order valence-electron chi connectivity index (χ3n) is 4.92. The standard InChI is InChI=1S/C17H27N/c1-5-10-18-12-17(9-8-15(17)4)16-7-6-13(2)14(3)11-16/h6-7,11,15,18H,5,8-10,12H2,1-4H3. The van der Waals surface area contributed by atoms with Crippen LogP contribution in [-0.2, 0) is 5.41 Å². The summed E-state index contributed by atoms with van der Waals surface area (Å²) in [6.07, 6.45) is 3.94. The molecule has 2 rings (SSSR count). The highest BCUT2D eigenvalue weighted by atomic mass is 14.9. The summed E-state index contributed by atoms with van der Waals surface area (Å²) in [5.41, 5.74) is 4.78. The van der Waals surface area contributed by atoms with E-state index in [1.54, 1.807) is 5.56 Å². The maximum atomic E-state index is 3.64. The molecule has 1 fully saturated rings. The molecular formula is C17H27N. The molecule has 1 saturated carbocycles. The predicted octanol–water partition coefficient (Wildman–Crippen LogP) is 3.97. The van der Waals surface area contributed by atoms with Crippen LogP contribution >= 0.6 is 0 Å². The zero-order valence-corrected chi connectivity index (χ0v) is 12.3. The average Bonchev–Trinajstić information content (AvgIpc) is 2.36. The van der Waals surface area contributed by atoms with E-state index in [0.717, 1.165) is 19.0 Å². The molecule has 1 N–H and O–H groups in total. The highest BCUT2D eigenvalue weighted by Gasteiger charge is 2.44. The van der Waals surface area contributed by atoms with E-state index < -0.39 is 0 Å². The molecule has 2 atom stereocenters. The molecule has 100 valence electrons. The van der Waals surface area contributed by atoms with Crippen molar-refractivity contribution in [3.63, 3.8) is 0 Å². The van der Waals surface area contributed by atoms with Crippen LogP contribution in [-0.4, -0.2) is 13.1 Å². The Bertz CT molecular complexity index is 410. The Kier molecular flexibility index (Phi) is 4.11. The number of benzene rings is 1. The van der Waals surface area contributed by atoms with Crippen molar-refractivity contribution in [2.24, 2.45) is 5.92 Å². The summed E-state index contributed by atoms with van der Waals surface area (Å²) in [4.78, 5) is 0. The van der Waals surface area contributed by atoms with E-state index in [1.807, 2.05) is 0 Å². The second kappa shape index (κ2) is 5.44. The first kappa shape index (κ1) is 13.6. The molecule has 18 heavy (non-hydrogen) atoms. The monoisotopic (exact) mass is 245 g/mol. The molecule has 0 saturated heterocycles. The Morgan fingerprint density at radius 1 is 1.28 bits per heavy atom. The van der Waals surface area contributed by atoms with Gasteiger partial charge in [-0.3, -0.25) is 0 Å². The van der Waals surface area contributed by atoms with Crippen LogP contribution in [0.25, 0.3) is 0 Å². The Morgan fingerprint density at radius 2 is 2.06 bits per heavy atom. The fourth-order valence-corrected chi connectivity index (χ4v) is 3.11. The SMILES string of the molecule is CCCNCC1(c2ccc(C)c(C)c2)CCC1C. The van der Waals surface area contributed by atoms with E-state index in [1.165, 1.54) is 30.4 Å². The summed E-state index contributed by atoms with van der Waals surface area (Å²) in [5, 5.41) is 3.64. The molecule has 1 aromatic rings. The molecule has 0 radical (unpaired) electrons. The van der Waals surface area contributed by atoms with Gasteiger partial charge < -0.3 is 5.32 Å². The van der Waals surface area contributed by atoms with E-state index in [0.29, 0.717) is 5.41 Å². The third-order valence-corrected chi connectivity index (χ3v) is 4.92. The minimum atomic E-state index is 0.396. The summed E-state index contributed by atoms with van der Waals surface area (Å²) in [5.74, 6) is 0.809. The normalized spacial score (nSPS) is 27.0. The first-order chi connectivity index (χ1) is 8.60. The zero-order valence-electron chi connectivity index (χ0n) is 12.3. The van der Waals surface area contributed by atoms with Gasteiger partial charge in [0.1, 0.15) is 0 Å². The van der Waals surface area contributed by atoms with Gasteiger partial charge in [-0.05, 0) is 62.3 Å². The van der Waals surface area contributed by atoms with Crippen LogP contribution in [0.4, 0.5) is 0 Å². The molecular weight excluding hydrogens is 218 g/mol. The smallest absolute Gasteiger partial charge is 0.0103 e. The van der Waals surface area contributed by atoms with Gasteiger partial charge in [0.15, 0.2) is 0 Å². The van der Waals surface area contributed by atoms with Gasteiger partial charge in [-0.25, -0.2) is 0 Å². The number of hydrogen-bond acceptors (Lipinski definition) is 1. The van der Waals surface area contributed by atoms with E-state index >= 15 is 0 Å². The van der Waals surface area contributed by atoms with Crippen molar-refractivity contribution in [3.8, 4) is 0 Å². The molecule has 0 spiro atoms. The minimum Gasteiger partial charge on any atom is -0.316 e. The van der Waals surface area contributed by atoms with Crippen LogP contribution in [0.3, 0.4) is 0 Å². The van der Waals surface area contributed by atoms with E-state index in [4.69, 9.17) is 0 Å². The summed E-state index contributed by atoms with van der Waals surface area (Å²) >= 11 is 0. The lowest BCUT2D eigenvalue weighted by Gasteiger charge is -2.49. The lowest BCUT2D eigenvalue weighted by Crippen LogP contribution is -2.50. The second-order valence-electron chi connectivity index (χ2n) is 6.07. The number of nitrogens with one attached hydrogen (secondary N) is 1. The quantitative estimate of drug-likeness (QED) is 0.774. The highest BCUT2D eigenvalue weighted by molar-refractivity contribution is 5.37. The van der Waals surface area contributed by atoms with Crippen molar-refractivity contribution in [2.45, 2.75) is 52.4 Å². The summed E-state index contributed by atoms with van der Waals surface area (Å²) < 4.78 is 0. The lowest BCUT2D eigenvalue weighted by atomic mass is 9.57. The van der Waals surface area contributed by atoms with Crippen molar-refractivity contribution in [1.82, 2.24) is 5.32 Å². The molecule has 1 heteroatoms. The van der Waals surface area contributed by atoms with Gasteiger partial charge in [0.2, 0.25) is 0 Å². The summed E-state index contributed by atoms with van der Waals surface area (Å²) in [6, 6.07) is 7.06. The molecule has 2 unspecified atom stereocenters. The maximum Gasteiger partial charge on any atom is 0.0103 e. The maximum absolute atomic E-state index is 3.64. The first-order valence-electron chi connectivity index (χ1n) is 7.38. The van der Waals surface area contributed by atoms with Gasteiger partial charge in [-0.2, -0.15) is 0 Å². The minimum absolute atomic E-state index is 0.396. The average molecular weight is 245 g/mol. The van der Waals surface area contributed by atoms with E-state index in [2.05, 4.69) is 51.2 Å². The van der Waals surface area contributed by atoms with Crippen molar-refractivity contribution >= 4 is 0 Å². The van der Waals surface area contributed by atoms with Gasteiger partial charge in [0.05, 0.1) is 0 Å². The Balaban J connectivity index is 2.21. The van der Waals surface area contributed by atoms with Crippen LogP contribution in [0.1, 0.15) is 49.8 Å². The van der Waals surface area contributed by atoms with Gasteiger partial charge in [0, 0.05) is 12.0 Å². The van der Waals surface area contributed by atoms with E-state index in [9.17, 15) is 0 Å². The first-order valence-corrected chi connectivity index (χ1v) is 7.38. The van der Waals surface area contributed by atoms with Crippen molar-refractivity contribution in [3.05, 3.63) is 34.9 Å². The molecule has 1 aliphatic carbocycles. The molecule has 0 heterocycles. The largest absolute Gasteiger partial charge is 0.316 e. The van der Waals surface area contributed by atoms with Crippen molar-refractivity contribution < 1.29 is 0 Å². The Labute approximate surface area is 112 Å². The molecule has 1 aliphatic rings. The van der Waals surface area contributed by atoms with Crippen LogP contribution < -0.4 is 5.32 Å². The lowest BCUT2D eigenvalue weighted by molar-refractivity contribution is 0.134. The van der Waals surface area contributed by atoms with Crippen molar-refractivity contribution in [2.75, 3.05) is 13.1 Å². The number of aryl methyl sites for hydroxylation is 2. The Morgan fingerprint density at radius 3 is 2.56 bits per heavy atom. The fourth-order valence-electron chi connectivity index (χ4n) is 3.11. The van der Waals surface area contributed by atoms with Crippen LogP contribution in [0.2, 0.25) is 0 Å². The van der Waals surface area contributed by atoms with Gasteiger partial charge >= 0.3 is 0 Å². The Hall–Kier alpha value is -0.820. The van der Waals surface area contributed by atoms with Gasteiger partial charge in [-0.15, -0.1) is 0 Å². The van der Waals surface area contributed by atoms with Gasteiger partial charge in [0.25, 0.3) is 0 Å². The number of rotatable bonds is 5. The van der Waals surface area contributed by atoms with Crippen LogP contribution in [0, 0.1) is 19.8 Å². The third kappa shape index (κ3) is 2.33. The topological polar surface area (TPSA) is 12.0 Å². The second-order valence-corrected chi connectivity index (χ2v) is 6.07. The van der Waals surface area contributed by atoms with Crippen LogP contribution in [0.5, 0.6) is 0 Å². The summed E-state index contributed by atoms with van der Waals surface area (Å²) in [6.45, 7) is 11.4.